The zero-order chi connectivity index (χ0) is 19.5. The Morgan fingerprint density at radius 1 is 1.29 bits per heavy atom. The number of halogens is 2. The van der Waals surface area contributed by atoms with Crippen molar-refractivity contribution in [3.05, 3.63) is 36.4 Å². The fraction of sp³-hybridized carbons (Fsp3) is 0.421. The molecule has 0 spiro atoms. The molecule has 0 saturated carbocycles. The first-order valence-electron chi connectivity index (χ1n) is 9.36. The summed E-state index contributed by atoms with van der Waals surface area (Å²) in [5.74, 6) is 1.36. The van der Waals surface area contributed by atoms with Crippen LogP contribution >= 0.6 is 0 Å². The van der Waals surface area contributed by atoms with Gasteiger partial charge >= 0.3 is 0 Å². The highest BCUT2D eigenvalue weighted by Crippen LogP contribution is 2.24. The summed E-state index contributed by atoms with van der Waals surface area (Å²) in [5.41, 5.74) is 0.982. The first-order valence-corrected chi connectivity index (χ1v) is 9.36. The topological polar surface area (TPSA) is 83.9 Å². The molecule has 0 amide bonds. The van der Waals surface area contributed by atoms with E-state index >= 15 is 0 Å². The van der Waals surface area contributed by atoms with E-state index in [4.69, 9.17) is 5.41 Å². The van der Waals surface area contributed by atoms with Gasteiger partial charge in [0.05, 0.1) is 17.6 Å². The standard InChI is InChI=1S/C19H23F2N7/c20-19(21)15(22)1-2-17-25-11-16(26-17)13-3-4-24-18(9-13)28-8-7-27-6-5-23-10-14(27)12-28/h1-4,9,11,14,19,22-23H,5-8,10,12H2,(H,25,26)/b2-1-,22-15?. The maximum absolute atomic E-state index is 12.4. The fourth-order valence-corrected chi connectivity index (χ4v) is 3.65. The second-order valence-electron chi connectivity index (χ2n) is 7.01. The van der Waals surface area contributed by atoms with E-state index in [0.717, 1.165) is 62.4 Å². The second-order valence-corrected chi connectivity index (χ2v) is 7.01. The number of hydrogen-bond acceptors (Lipinski definition) is 6. The van der Waals surface area contributed by atoms with Crippen LogP contribution in [0.4, 0.5) is 14.6 Å². The van der Waals surface area contributed by atoms with E-state index in [0.29, 0.717) is 11.9 Å². The molecule has 0 aromatic carbocycles. The van der Waals surface area contributed by atoms with Crippen LogP contribution in [0.25, 0.3) is 17.3 Å². The number of nitrogens with zero attached hydrogens (tertiary/aromatic N) is 4. The zero-order valence-electron chi connectivity index (χ0n) is 15.4. The largest absolute Gasteiger partial charge is 0.354 e. The van der Waals surface area contributed by atoms with Crippen LogP contribution in [-0.2, 0) is 0 Å². The molecule has 4 heterocycles. The van der Waals surface area contributed by atoms with Gasteiger partial charge in [-0.15, -0.1) is 0 Å². The number of H-pyrrole nitrogens is 1. The van der Waals surface area contributed by atoms with E-state index in [2.05, 4.69) is 30.1 Å². The highest BCUT2D eigenvalue weighted by atomic mass is 19.3. The number of hydrogen-bond donors (Lipinski definition) is 3. The number of aromatic amines is 1. The summed E-state index contributed by atoms with van der Waals surface area (Å²) in [5, 5.41) is 10.6. The number of pyridine rings is 1. The Morgan fingerprint density at radius 2 is 2.18 bits per heavy atom. The normalized spacial score (nSPS) is 20.7. The maximum atomic E-state index is 12.4. The van der Waals surface area contributed by atoms with Crippen molar-refractivity contribution >= 4 is 17.6 Å². The summed E-state index contributed by atoms with van der Waals surface area (Å²) in [6, 6.07) is 4.42. The predicted molar refractivity (Wildman–Crippen MR) is 105 cm³/mol. The quantitative estimate of drug-likeness (QED) is 0.682. The predicted octanol–water partition coefficient (Wildman–Crippen LogP) is 1.86. The molecule has 1 unspecified atom stereocenters. The number of piperazine rings is 2. The van der Waals surface area contributed by atoms with Crippen molar-refractivity contribution in [2.45, 2.75) is 12.5 Å². The minimum absolute atomic E-state index is 0.431. The molecule has 0 radical (unpaired) electrons. The third-order valence-electron chi connectivity index (χ3n) is 5.19. The monoisotopic (exact) mass is 387 g/mol. The molecule has 2 aliphatic heterocycles. The highest BCUT2D eigenvalue weighted by Gasteiger charge is 2.29. The minimum atomic E-state index is -2.78. The minimum Gasteiger partial charge on any atom is -0.354 e. The molecule has 2 aromatic rings. The third-order valence-corrected chi connectivity index (χ3v) is 5.19. The van der Waals surface area contributed by atoms with Crippen LogP contribution in [0.2, 0.25) is 0 Å². The van der Waals surface area contributed by atoms with Crippen LogP contribution in [0.15, 0.2) is 30.6 Å². The van der Waals surface area contributed by atoms with Crippen LogP contribution in [0.3, 0.4) is 0 Å². The lowest BCUT2D eigenvalue weighted by Crippen LogP contribution is -2.61. The number of rotatable bonds is 5. The first kappa shape index (κ1) is 18.7. The zero-order valence-corrected chi connectivity index (χ0v) is 15.4. The molecule has 4 rings (SSSR count). The van der Waals surface area contributed by atoms with Gasteiger partial charge in [0.25, 0.3) is 6.43 Å². The number of nitrogens with one attached hydrogen (secondary N) is 3. The lowest BCUT2D eigenvalue weighted by atomic mass is 10.1. The first-order chi connectivity index (χ1) is 13.6. The molecule has 2 aliphatic rings. The Hall–Kier alpha value is -2.65. The molecule has 2 saturated heterocycles. The van der Waals surface area contributed by atoms with Crippen molar-refractivity contribution in [3.8, 4) is 11.3 Å². The van der Waals surface area contributed by atoms with Gasteiger partial charge in [0, 0.05) is 57.1 Å². The summed E-state index contributed by atoms with van der Waals surface area (Å²) in [6.07, 6.45) is 3.10. The van der Waals surface area contributed by atoms with Crippen molar-refractivity contribution in [3.63, 3.8) is 0 Å². The molecular formula is C19H23F2N7. The van der Waals surface area contributed by atoms with Crippen LogP contribution in [0.1, 0.15) is 5.82 Å². The Balaban J connectivity index is 1.48. The Bertz CT molecular complexity index is 863. The van der Waals surface area contributed by atoms with Gasteiger partial charge in [-0.2, -0.15) is 0 Å². The fourth-order valence-electron chi connectivity index (χ4n) is 3.65. The summed E-state index contributed by atoms with van der Waals surface area (Å²) in [4.78, 5) is 16.7. The molecular weight excluding hydrogens is 364 g/mol. The number of imidazole rings is 1. The molecule has 2 fully saturated rings. The van der Waals surface area contributed by atoms with Crippen molar-refractivity contribution in [2.75, 3.05) is 44.2 Å². The van der Waals surface area contributed by atoms with Crippen LogP contribution in [-0.4, -0.2) is 77.3 Å². The van der Waals surface area contributed by atoms with Gasteiger partial charge in [-0.3, -0.25) is 10.3 Å². The number of aromatic nitrogens is 3. The number of anilines is 1. The molecule has 28 heavy (non-hydrogen) atoms. The lowest BCUT2D eigenvalue weighted by Gasteiger charge is -2.44. The van der Waals surface area contributed by atoms with E-state index in [-0.39, 0.29) is 0 Å². The number of alkyl halides is 2. The smallest absolute Gasteiger partial charge is 0.279 e. The van der Waals surface area contributed by atoms with E-state index in [1.165, 1.54) is 6.08 Å². The summed E-state index contributed by atoms with van der Waals surface area (Å²) < 4.78 is 24.8. The Morgan fingerprint density at radius 3 is 3.04 bits per heavy atom. The number of fused-ring (bicyclic) bond motifs is 1. The van der Waals surface area contributed by atoms with Gasteiger partial charge in [0.2, 0.25) is 0 Å². The summed E-state index contributed by atoms with van der Waals surface area (Å²) in [6.45, 7) is 6.07. The number of allylic oxidation sites excluding steroid dienone is 1. The molecule has 7 nitrogen and oxygen atoms in total. The van der Waals surface area contributed by atoms with E-state index in [1.54, 1.807) is 12.4 Å². The van der Waals surface area contributed by atoms with Crippen molar-refractivity contribution in [1.82, 2.24) is 25.2 Å². The van der Waals surface area contributed by atoms with Gasteiger partial charge in [-0.05, 0) is 24.3 Å². The van der Waals surface area contributed by atoms with Gasteiger partial charge in [-0.1, -0.05) is 0 Å². The molecule has 0 aliphatic carbocycles. The second kappa shape index (κ2) is 8.15. The van der Waals surface area contributed by atoms with E-state index < -0.39 is 12.1 Å². The highest BCUT2D eigenvalue weighted by molar-refractivity contribution is 5.97. The third kappa shape index (κ3) is 4.10. The molecule has 3 N–H and O–H groups in total. The van der Waals surface area contributed by atoms with Gasteiger partial charge < -0.3 is 15.2 Å². The SMILES string of the molecule is N=C(/C=C\c1ncc(-c2ccnc(N3CCN4CCNCC4C3)c2)[nH]1)C(F)F. The van der Waals surface area contributed by atoms with E-state index in [1.807, 2.05) is 12.1 Å². The molecule has 0 bridgehead atoms. The Kier molecular flexibility index (Phi) is 5.45. The summed E-state index contributed by atoms with van der Waals surface area (Å²) >= 11 is 0. The summed E-state index contributed by atoms with van der Waals surface area (Å²) in [7, 11) is 0. The van der Waals surface area contributed by atoms with Gasteiger partial charge in [0.15, 0.2) is 0 Å². The Labute approximate surface area is 162 Å². The van der Waals surface area contributed by atoms with Crippen LogP contribution in [0, 0.1) is 5.41 Å². The molecule has 2 aromatic heterocycles. The maximum Gasteiger partial charge on any atom is 0.279 e. The molecule has 9 heteroatoms. The van der Waals surface area contributed by atoms with Crippen LogP contribution < -0.4 is 10.2 Å². The van der Waals surface area contributed by atoms with E-state index in [9.17, 15) is 8.78 Å². The van der Waals surface area contributed by atoms with Gasteiger partial charge in [0.1, 0.15) is 11.6 Å². The van der Waals surface area contributed by atoms with Crippen molar-refractivity contribution in [1.29, 1.82) is 5.41 Å². The van der Waals surface area contributed by atoms with Crippen molar-refractivity contribution in [2.24, 2.45) is 0 Å². The molecule has 1 atom stereocenters. The van der Waals surface area contributed by atoms with Crippen molar-refractivity contribution < 1.29 is 8.78 Å². The molecule has 148 valence electrons. The van der Waals surface area contributed by atoms with Crippen LogP contribution in [0.5, 0.6) is 0 Å². The van der Waals surface area contributed by atoms with Gasteiger partial charge in [-0.25, -0.2) is 18.7 Å². The average Bonchev–Trinajstić information content (AvgIpc) is 3.21. The average molecular weight is 387 g/mol. The lowest BCUT2D eigenvalue weighted by molar-refractivity contribution is 0.145.